The molecular weight excluding hydrogens is 218 g/mol. The third-order valence-electron chi connectivity index (χ3n) is 4.49. The van der Waals surface area contributed by atoms with Crippen molar-refractivity contribution in [1.82, 2.24) is 5.32 Å². The van der Waals surface area contributed by atoms with E-state index < -0.39 is 0 Å². The molecule has 0 saturated heterocycles. The standard InChI is InChI=1S/C17H27N/c1-5-17(6-2,12-18-16-7-8-16)15-10-13(3)9-14(4)11-15/h9-11,16,18H,5-8,12H2,1-4H3. The van der Waals surface area contributed by atoms with Gasteiger partial charge in [0.05, 0.1) is 0 Å². The maximum atomic E-state index is 3.74. The van der Waals surface area contributed by atoms with Gasteiger partial charge in [0.1, 0.15) is 0 Å². The summed E-state index contributed by atoms with van der Waals surface area (Å²) in [6.45, 7) is 10.2. The van der Waals surface area contributed by atoms with E-state index in [2.05, 4.69) is 51.2 Å². The summed E-state index contributed by atoms with van der Waals surface area (Å²) < 4.78 is 0. The molecule has 1 aliphatic rings. The molecule has 0 amide bonds. The first-order chi connectivity index (χ1) is 8.59. The van der Waals surface area contributed by atoms with E-state index in [4.69, 9.17) is 0 Å². The van der Waals surface area contributed by atoms with Crippen LogP contribution in [-0.4, -0.2) is 12.6 Å². The third kappa shape index (κ3) is 2.95. The van der Waals surface area contributed by atoms with E-state index in [-0.39, 0.29) is 0 Å². The predicted octanol–water partition coefficient (Wildman–Crippen LogP) is 4.11. The molecule has 0 radical (unpaired) electrons. The number of hydrogen-bond acceptors (Lipinski definition) is 1. The van der Waals surface area contributed by atoms with Gasteiger partial charge in [-0.15, -0.1) is 0 Å². The summed E-state index contributed by atoms with van der Waals surface area (Å²) in [7, 11) is 0. The van der Waals surface area contributed by atoms with E-state index in [0.717, 1.165) is 12.6 Å². The maximum Gasteiger partial charge on any atom is 0.00728 e. The number of nitrogens with one attached hydrogen (secondary N) is 1. The van der Waals surface area contributed by atoms with Gasteiger partial charge in [0, 0.05) is 18.0 Å². The number of hydrogen-bond donors (Lipinski definition) is 1. The zero-order valence-corrected chi connectivity index (χ0v) is 12.3. The minimum absolute atomic E-state index is 0.319. The minimum Gasteiger partial charge on any atom is -0.313 e. The van der Waals surface area contributed by atoms with Crippen LogP contribution >= 0.6 is 0 Å². The molecule has 1 heteroatoms. The lowest BCUT2D eigenvalue weighted by atomic mass is 9.75. The molecule has 100 valence electrons. The lowest BCUT2D eigenvalue weighted by Crippen LogP contribution is -2.38. The Morgan fingerprint density at radius 1 is 1.06 bits per heavy atom. The van der Waals surface area contributed by atoms with E-state index in [9.17, 15) is 0 Å². The summed E-state index contributed by atoms with van der Waals surface area (Å²) in [5.41, 5.74) is 4.63. The molecule has 0 heterocycles. The Morgan fingerprint density at radius 2 is 1.61 bits per heavy atom. The smallest absolute Gasteiger partial charge is 0.00728 e. The van der Waals surface area contributed by atoms with Crippen molar-refractivity contribution < 1.29 is 0 Å². The lowest BCUT2D eigenvalue weighted by molar-refractivity contribution is 0.367. The highest BCUT2D eigenvalue weighted by molar-refractivity contribution is 5.34. The Bertz CT molecular complexity index is 380. The largest absolute Gasteiger partial charge is 0.313 e. The molecule has 18 heavy (non-hydrogen) atoms. The van der Waals surface area contributed by atoms with Gasteiger partial charge in [0.15, 0.2) is 0 Å². The first kappa shape index (κ1) is 13.6. The van der Waals surface area contributed by atoms with E-state index in [1.165, 1.54) is 42.4 Å². The van der Waals surface area contributed by atoms with Crippen molar-refractivity contribution in [2.24, 2.45) is 0 Å². The van der Waals surface area contributed by atoms with Crippen LogP contribution in [0.25, 0.3) is 0 Å². The van der Waals surface area contributed by atoms with E-state index in [1.807, 2.05) is 0 Å². The van der Waals surface area contributed by atoms with Crippen molar-refractivity contribution in [2.45, 2.75) is 64.8 Å². The Kier molecular flexibility index (Phi) is 4.11. The second-order valence-electron chi connectivity index (χ2n) is 6.02. The Hall–Kier alpha value is -0.820. The highest BCUT2D eigenvalue weighted by atomic mass is 15.0. The van der Waals surface area contributed by atoms with Crippen LogP contribution in [0.3, 0.4) is 0 Å². The summed E-state index contributed by atoms with van der Waals surface area (Å²) in [6.07, 6.45) is 5.17. The van der Waals surface area contributed by atoms with Gasteiger partial charge in [-0.1, -0.05) is 43.2 Å². The summed E-state index contributed by atoms with van der Waals surface area (Å²) >= 11 is 0. The Labute approximate surface area is 112 Å². The molecule has 1 N–H and O–H groups in total. The van der Waals surface area contributed by atoms with Crippen LogP contribution in [0.2, 0.25) is 0 Å². The molecule has 0 aromatic heterocycles. The van der Waals surface area contributed by atoms with E-state index in [0.29, 0.717) is 5.41 Å². The second-order valence-corrected chi connectivity index (χ2v) is 6.02. The van der Waals surface area contributed by atoms with Crippen LogP contribution in [-0.2, 0) is 5.41 Å². The normalized spacial score (nSPS) is 16.0. The molecule has 0 spiro atoms. The molecular formula is C17H27N. The van der Waals surface area contributed by atoms with Crippen molar-refractivity contribution >= 4 is 0 Å². The fourth-order valence-corrected chi connectivity index (χ4v) is 2.92. The van der Waals surface area contributed by atoms with E-state index in [1.54, 1.807) is 0 Å². The molecule has 0 atom stereocenters. The van der Waals surface area contributed by atoms with Gasteiger partial charge >= 0.3 is 0 Å². The number of benzene rings is 1. The molecule has 1 aromatic carbocycles. The molecule has 1 saturated carbocycles. The summed E-state index contributed by atoms with van der Waals surface area (Å²) in [4.78, 5) is 0. The van der Waals surface area contributed by atoms with Crippen LogP contribution in [0.15, 0.2) is 18.2 Å². The van der Waals surface area contributed by atoms with Crippen molar-refractivity contribution in [3.05, 3.63) is 34.9 Å². The molecule has 0 bridgehead atoms. The van der Waals surface area contributed by atoms with Gasteiger partial charge in [-0.05, 0) is 45.1 Å². The molecule has 1 fully saturated rings. The average Bonchev–Trinajstić information content (AvgIpc) is 3.14. The first-order valence-electron chi connectivity index (χ1n) is 7.42. The molecule has 1 aliphatic carbocycles. The topological polar surface area (TPSA) is 12.0 Å². The van der Waals surface area contributed by atoms with Gasteiger partial charge in [-0.2, -0.15) is 0 Å². The van der Waals surface area contributed by atoms with Gasteiger partial charge in [-0.25, -0.2) is 0 Å². The van der Waals surface area contributed by atoms with Gasteiger partial charge in [-0.3, -0.25) is 0 Å². The van der Waals surface area contributed by atoms with Crippen LogP contribution in [0, 0.1) is 13.8 Å². The Morgan fingerprint density at radius 3 is 2.06 bits per heavy atom. The molecule has 0 unspecified atom stereocenters. The van der Waals surface area contributed by atoms with Crippen molar-refractivity contribution in [2.75, 3.05) is 6.54 Å². The third-order valence-corrected chi connectivity index (χ3v) is 4.49. The number of rotatable bonds is 6. The zero-order chi connectivity index (χ0) is 13.2. The van der Waals surface area contributed by atoms with Crippen LogP contribution in [0.1, 0.15) is 56.2 Å². The van der Waals surface area contributed by atoms with Crippen molar-refractivity contribution in [3.8, 4) is 0 Å². The quantitative estimate of drug-likeness (QED) is 0.795. The summed E-state index contributed by atoms with van der Waals surface area (Å²) in [6, 6.07) is 7.84. The SMILES string of the molecule is CCC(CC)(CNC1CC1)c1cc(C)cc(C)c1. The van der Waals surface area contributed by atoms with Crippen molar-refractivity contribution in [3.63, 3.8) is 0 Å². The number of aryl methyl sites for hydroxylation is 2. The lowest BCUT2D eigenvalue weighted by Gasteiger charge is -2.33. The summed E-state index contributed by atoms with van der Waals surface area (Å²) in [5, 5.41) is 3.74. The van der Waals surface area contributed by atoms with Crippen LogP contribution in [0.4, 0.5) is 0 Å². The highest BCUT2D eigenvalue weighted by Gasteiger charge is 2.31. The highest BCUT2D eigenvalue weighted by Crippen LogP contribution is 2.33. The maximum absolute atomic E-state index is 3.74. The molecule has 2 rings (SSSR count). The fraction of sp³-hybridized carbons (Fsp3) is 0.647. The summed E-state index contributed by atoms with van der Waals surface area (Å²) in [5.74, 6) is 0. The van der Waals surface area contributed by atoms with Crippen LogP contribution in [0.5, 0.6) is 0 Å². The molecule has 1 aromatic rings. The molecule has 0 aliphatic heterocycles. The fourth-order valence-electron chi connectivity index (χ4n) is 2.92. The van der Waals surface area contributed by atoms with Crippen LogP contribution < -0.4 is 5.32 Å². The average molecular weight is 245 g/mol. The minimum atomic E-state index is 0.319. The predicted molar refractivity (Wildman–Crippen MR) is 79.2 cm³/mol. The van der Waals surface area contributed by atoms with Gasteiger partial charge < -0.3 is 5.32 Å². The second kappa shape index (κ2) is 5.44. The monoisotopic (exact) mass is 245 g/mol. The molecule has 1 nitrogen and oxygen atoms in total. The van der Waals surface area contributed by atoms with Crippen molar-refractivity contribution in [1.29, 1.82) is 0 Å². The Balaban J connectivity index is 2.25. The zero-order valence-electron chi connectivity index (χ0n) is 12.3. The first-order valence-corrected chi connectivity index (χ1v) is 7.42. The van der Waals surface area contributed by atoms with Gasteiger partial charge in [0.2, 0.25) is 0 Å². The van der Waals surface area contributed by atoms with Gasteiger partial charge in [0.25, 0.3) is 0 Å². The van der Waals surface area contributed by atoms with E-state index >= 15 is 0 Å².